The van der Waals surface area contributed by atoms with Crippen LogP contribution in [0.3, 0.4) is 0 Å². The Bertz CT molecular complexity index is 963. The molecule has 234 valence electrons. The summed E-state index contributed by atoms with van der Waals surface area (Å²) >= 11 is 0. The van der Waals surface area contributed by atoms with Crippen LogP contribution in [0.1, 0.15) is 102 Å². The maximum absolute atomic E-state index is 14.0. The quantitative estimate of drug-likeness (QED) is 0.147. The minimum absolute atomic E-state index is 0.0588. The molecule has 41 heavy (non-hydrogen) atoms. The number of nitrogens with zero attached hydrogens (tertiary/aromatic N) is 4. The van der Waals surface area contributed by atoms with Crippen LogP contribution >= 0.6 is 0 Å². The lowest BCUT2D eigenvalue weighted by molar-refractivity contribution is -0.140. The molecule has 0 spiro atoms. The summed E-state index contributed by atoms with van der Waals surface area (Å²) in [6, 6.07) is -0.202. The van der Waals surface area contributed by atoms with Crippen LogP contribution in [0.2, 0.25) is 0 Å². The molecule has 10 heteroatoms. The van der Waals surface area contributed by atoms with Crippen LogP contribution in [0.15, 0.2) is 30.6 Å². The zero-order valence-electron chi connectivity index (χ0n) is 26.4. The summed E-state index contributed by atoms with van der Waals surface area (Å²) < 4.78 is 7.17. The molecule has 0 bridgehead atoms. The van der Waals surface area contributed by atoms with E-state index in [0.717, 1.165) is 37.9 Å². The number of ether oxygens (including phenoxy) is 1. The van der Waals surface area contributed by atoms with Crippen molar-refractivity contribution in [2.24, 2.45) is 13.0 Å². The van der Waals surface area contributed by atoms with Crippen LogP contribution in [0.5, 0.6) is 0 Å². The van der Waals surface area contributed by atoms with Gasteiger partial charge in [-0.05, 0) is 45.2 Å². The second-order valence-corrected chi connectivity index (χ2v) is 10.9. The van der Waals surface area contributed by atoms with Gasteiger partial charge in [-0.25, -0.2) is 9.78 Å². The number of hydrogen-bond donors (Lipinski definition) is 3. The van der Waals surface area contributed by atoms with Crippen molar-refractivity contribution in [2.75, 3.05) is 33.5 Å². The van der Waals surface area contributed by atoms with E-state index in [4.69, 9.17) is 4.74 Å². The van der Waals surface area contributed by atoms with Crippen LogP contribution in [-0.2, 0) is 16.6 Å². The number of likely N-dealkylation sites (tertiary alicyclic amines) is 1. The molecule has 0 aromatic carbocycles. The zero-order valence-corrected chi connectivity index (χ0v) is 26.4. The Morgan fingerprint density at radius 3 is 2.49 bits per heavy atom. The first-order chi connectivity index (χ1) is 19.6. The number of hydrogen-bond acceptors (Lipinski definition) is 7. The summed E-state index contributed by atoms with van der Waals surface area (Å²) in [6.45, 7) is 15.8. The largest absolute Gasteiger partial charge is 0.476 e. The molecular weight excluding hydrogens is 522 g/mol. The molecule has 1 fully saturated rings. The number of nitrogens with one attached hydrogen (secondary N) is 1. The first-order valence-electron chi connectivity index (χ1n) is 15.1. The minimum atomic E-state index is -1.16. The molecule has 2 rings (SSSR count). The van der Waals surface area contributed by atoms with Gasteiger partial charge in [0.25, 0.3) is 0 Å². The van der Waals surface area contributed by atoms with Crippen molar-refractivity contribution >= 4 is 11.9 Å². The van der Waals surface area contributed by atoms with Gasteiger partial charge in [-0.1, -0.05) is 66.0 Å². The summed E-state index contributed by atoms with van der Waals surface area (Å²) in [5, 5.41) is 23.7. The van der Waals surface area contributed by atoms with Crippen molar-refractivity contribution < 1.29 is 24.5 Å². The lowest BCUT2D eigenvalue weighted by Gasteiger charge is -2.38. The predicted octanol–water partition coefficient (Wildman–Crippen LogP) is 4.73. The van der Waals surface area contributed by atoms with Gasteiger partial charge in [0.1, 0.15) is 24.7 Å². The number of aliphatic hydroxyl groups excluding tert-OH is 1. The molecule has 1 amide bonds. The molecule has 1 aliphatic heterocycles. The first-order valence-corrected chi connectivity index (χ1v) is 15.1. The van der Waals surface area contributed by atoms with E-state index in [2.05, 4.69) is 69.5 Å². The third-order valence-corrected chi connectivity index (χ3v) is 7.25. The van der Waals surface area contributed by atoms with Crippen molar-refractivity contribution in [3.63, 3.8) is 0 Å². The van der Waals surface area contributed by atoms with E-state index in [1.807, 2.05) is 0 Å². The topological polar surface area (TPSA) is 120 Å². The average Bonchev–Trinajstić information content (AvgIpc) is 3.35. The van der Waals surface area contributed by atoms with E-state index in [-0.39, 0.29) is 49.1 Å². The Kier molecular flexibility index (Phi) is 17.2. The van der Waals surface area contributed by atoms with Crippen molar-refractivity contribution in [2.45, 2.75) is 97.8 Å². The highest BCUT2D eigenvalue weighted by Crippen LogP contribution is 2.24. The highest BCUT2D eigenvalue weighted by molar-refractivity contribution is 5.85. The first kappa shape index (κ1) is 36.3. The van der Waals surface area contributed by atoms with Crippen LogP contribution < -0.4 is 5.32 Å². The maximum atomic E-state index is 14.0. The van der Waals surface area contributed by atoms with E-state index in [9.17, 15) is 19.8 Å². The SMILES string of the molecule is C=CCOCN(CC[C@@H](O)c1nc(C(=O)O)cn1C)C(=O)C(N/C(=C/CC)C1CCCCN1C)C(C)CC.CCC. The minimum Gasteiger partial charge on any atom is -0.476 e. The summed E-state index contributed by atoms with van der Waals surface area (Å²) in [7, 11) is 3.78. The fraction of sp³-hybridized carbons (Fsp3) is 0.710. The van der Waals surface area contributed by atoms with E-state index in [1.54, 1.807) is 18.0 Å². The van der Waals surface area contributed by atoms with E-state index in [1.165, 1.54) is 23.6 Å². The Balaban J connectivity index is 0.00000268. The second-order valence-electron chi connectivity index (χ2n) is 10.9. The summed E-state index contributed by atoms with van der Waals surface area (Å²) in [5.41, 5.74) is 0.960. The molecule has 1 aromatic heterocycles. The number of piperidine rings is 1. The highest BCUT2D eigenvalue weighted by Gasteiger charge is 2.32. The molecule has 2 heterocycles. The van der Waals surface area contributed by atoms with E-state index >= 15 is 0 Å². The Morgan fingerprint density at radius 2 is 1.95 bits per heavy atom. The number of aromatic carboxylic acids is 1. The van der Waals surface area contributed by atoms with Crippen LogP contribution in [0.25, 0.3) is 0 Å². The number of rotatable bonds is 16. The van der Waals surface area contributed by atoms with Gasteiger partial charge >= 0.3 is 5.97 Å². The van der Waals surface area contributed by atoms with Gasteiger partial charge in [0.05, 0.1) is 6.61 Å². The molecule has 4 atom stereocenters. The molecule has 0 saturated carbocycles. The van der Waals surface area contributed by atoms with Crippen molar-refractivity contribution in [1.82, 2.24) is 24.7 Å². The molecular formula is C31H55N5O5. The van der Waals surface area contributed by atoms with Gasteiger partial charge in [0.2, 0.25) is 5.91 Å². The number of allylic oxidation sites excluding steroid dienone is 1. The standard InChI is InChI=1S/C28H47N5O5.C3H8/c1-7-12-21(23-13-10-11-15-31(23)5)29-25(20(4)9-3)27(35)33(19-38-17-8-2)16-14-24(34)26-30-22(28(36)37)18-32(26)6;1-3-2/h8,12,18,20,23-25,29,34H,2,7,9-11,13-17,19H2,1,3-6H3,(H,36,37);3H2,1-2H3/b21-12+;/t20?,23?,24-,25?;/m1./s1. The lowest BCUT2D eigenvalue weighted by atomic mass is 9.94. The summed E-state index contributed by atoms with van der Waals surface area (Å²) in [5.74, 6) is -0.944. The number of carbonyl (C=O) groups is 2. The van der Waals surface area contributed by atoms with E-state index in [0.29, 0.717) is 6.61 Å². The van der Waals surface area contributed by atoms with Crippen molar-refractivity contribution in [3.8, 4) is 0 Å². The Morgan fingerprint density at radius 1 is 1.27 bits per heavy atom. The molecule has 3 N–H and O–H groups in total. The number of amides is 1. The van der Waals surface area contributed by atoms with Crippen molar-refractivity contribution in [3.05, 3.63) is 42.1 Å². The van der Waals surface area contributed by atoms with Gasteiger partial charge < -0.3 is 29.7 Å². The van der Waals surface area contributed by atoms with Gasteiger partial charge in [-0.15, -0.1) is 6.58 Å². The summed E-state index contributed by atoms with van der Waals surface area (Å²) in [4.78, 5) is 33.3. The summed E-state index contributed by atoms with van der Waals surface area (Å²) in [6.07, 6.45) is 10.7. The van der Waals surface area contributed by atoms with Crippen molar-refractivity contribution in [1.29, 1.82) is 0 Å². The molecule has 1 saturated heterocycles. The number of carbonyl (C=O) groups excluding carboxylic acids is 1. The number of imidazole rings is 1. The van der Waals surface area contributed by atoms with Gasteiger partial charge in [-0.2, -0.15) is 0 Å². The normalized spacial score (nSPS) is 18.0. The highest BCUT2D eigenvalue weighted by atomic mass is 16.5. The number of likely N-dealkylation sites (N-methyl/N-ethyl adjacent to an activating group) is 1. The monoisotopic (exact) mass is 577 g/mol. The lowest BCUT2D eigenvalue weighted by Crippen LogP contribution is -2.53. The number of aromatic nitrogens is 2. The van der Waals surface area contributed by atoms with Crippen LogP contribution in [-0.4, -0.2) is 87.0 Å². The molecule has 1 aliphatic rings. The second kappa shape index (κ2) is 19.4. The third-order valence-electron chi connectivity index (χ3n) is 7.25. The number of carboxylic acid groups (broad SMARTS) is 1. The predicted molar refractivity (Wildman–Crippen MR) is 163 cm³/mol. The maximum Gasteiger partial charge on any atom is 0.356 e. The van der Waals surface area contributed by atoms with Crippen LogP contribution in [0, 0.1) is 5.92 Å². The Labute approximate surface area is 247 Å². The number of aryl methyl sites for hydroxylation is 1. The molecule has 10 nitrogen and oxygen atoms in total. The fourth-order valence-corrected chi connectivity index (χ4v) is 4.82. The van der Waals surface area contributed by atoms with Gasteiger partial charge in [0.15, 0.2) is 5.69 Å². The molecule has 1 aromatic rings. The van der Waals surface area contributed by atoms with Gasteiger partial charge in [-0.3, -0.25) is 9.69 Å². The smallest absolute Gasteiger partial charge is 0.356 e. The Hall–Kier alpha value is -2.69. The number of carboxylic acids is 1. The van der Waals surface area contributed by atoms with E-state index < -0.39 is 18.1 Å². The molecule has 3 unspecified atom stereocenters. The third kappa shape index (κ3) is 11.6. The number of aliphatic hydroxyl groups is 1. The molecule has 0 aliphatic carbocycles. The average molecular weight is 578 g/mol. The van der Waals surface area contributed by atoms with Gasteiger partial charge in [0, 0.05) is 31.5 Å². The fourth-order valence-electron chi connectivity index (χ4n) is 4.82. The zero-order chi connectivity index (χ0) is 30.9. The van der Waals surface area contributed by atoms with Crippen LogP contribution in [0.4, 0.5) is 0 Å². The molecule has 0 radical (unpaired) electrons.